The summed E-state index contributed by atoms with van der Waals surface area (Å²) >= 11 is 0. The third-order valence-corrected chi connectivity index (χ3v) is 5.64. The predicted octanol–water partition coefficient (Wildman–Crippen LogP) is 2.86. The van der Waals surface area contributed by atoms with Crippen molar-refractivity contribution in [3.63, 3.8) is 0 Å². The molecule has 6 nitrogen and oxygen atoms in total. The molecule has 2 amide bonds. The number of carbonyl (C=O) groups is 2. The molecule has 0 saturated carbocycles. The third-order valence-electron chi connectivity index (χ3n) is 5.64. The lowest BCUT2D eigenvalue weighted by Gasteiger charge is -2.33. The van der Waals surface area contributed by atoms with Gasteiger partial charge in [-0.2, -0.15) is 0 Å². The molecule has 1 fully saturated rings. The lowest BCUT2D eigenvalue weighted by molar-refractivity contribution is -0.118. The molecule has 29 heavy (non-hydrogen) atoms. The number of fused-ring (bicyclic) bond motifs is 1. The minimum atomic E-state index is -0.0552. The minimum absolute atomic E-state index is 0.0552. The van der Waals surface area contributed by atoms with Crippen molar-refractivity contribution in [3.05, 3.63) is 54.1 Å². The van der Waals surface area contributed by atoms with E-state index in [2.05, 4.69) is 11.0 Å². The molecule has 2 heterocycles. The van der Waals surface area contributed by atoms with Crippen LogP contribution in [-0.4, -0.2) is 51.2 Å². The Kier molecular flexibility index (Phi) is 5.81. The number of anilines is 3. The van der Waals surface area contributed by atoms with Crippen molar-refractivity contribution < 1.29 is 14.3 Å². The Morgan fingerprint density at radius 3 is 2.41 bits per heavy atom. The Morgan fingerprint density at radius 2 is 1.66 bits per heavy atom. The number of amides is 2. The zero-order chi connectivity index (χ0) is 20.2. The van der Waals surface area contributed by atoms with E-state index in [-0.39, 0.29) is 11.8 Å². The fourth-order valence-electron chi connectivity index (χ4n) is 4.15. The van der Waals surface area contributed by atoms with Crippen LogP contribution < -0.4 is 14.7 Å². The fourth-order valence-corrected chi connectivity index (χ4v) is 4.15. The van der Waals surface area contributed by atoms with Crippen LogP contribution in [0.3, 0.4) is 0 Å². The summed E-state index contributed by atoms with van der Waals surface area (Å²) in [5.74, 6) is 0.00499. The van der Waals surface area contributed by atoms with Gasteiger partial charge in [0.15, 0.2) is 0 Å². The van der Waals surface area contributed by atoms with E-state index in [9.17, 15) is 9.59 Å². The first-order valence-corrected chi connectivity index (χ1v) is 10.2. The number of ether oxygens (including phenoxy) is 1. The van der Waals surface area contributed by atoms with E-state index < -0.39 is 0 Å². The second kappa shape index (κ2) is 8.66. The highest BCUT2D eigenvalue weighted by Crippen LogP contribution is 2.31. The molecule has 4 rings (SSSR count). The van der Waals surface area contributed by atoms with E-state index in [0.29, 0.717) is 32.7 Å². The monoisotopic (exact) mass is 393 g/mol. The van der Waals surface area contributed by atoms with Crippen molar-refractivity contribution in [1.29, 1.82) is 0 Å². The Hall–Kier alpha value is -2.86. The van der Waals surface area contributed by atoms with Crippen LogP contribution in [-0.2, 0) is 20.7 Å². The van der Waals surface area contributed by atoms with E-state index in [0.717, 1.165) is 36.6 Å². The second-order valence-electron chi connectivity index (χ2n) is 7.43. The molecule has 2 aliphatic heterocycles. The number of hydrogen-bond acceptors (Lipinski definition) is 4. The first-order chi connectivity index (χ1) is 14.1. The lowest BCUT2D eigenvalue weighted by atomic mass is 10.2. The number of benzene rings is 2. The van der Waals surface area contributed by atoms with Gasteiger partial charge >= 0.3 is 0 Å². The van der Waals surface area contributed by atoms with Gasteiger partial charge in [-0.25, -0.2) is 0 Å². The largest absolute Gasteiger partial charge is 0.378 e. The zero-order valence-electron chi connectivity index (χ0n) is 16.8. The Labute approximate surface area is 171 Å². The van der Waals surface area contributed by atoms with E-state index in [1.54, 1.807) is 11.8 Å². The van der Waals surface area contributed by atoms with Crippen molar-refractivity contribution in [2.45, 2.75) is 19.8 Å². The summed E-state index contributed by atoms with van der Waals surface area (Å²) in [6, 6.07) is 16.0. The zero-order valence-corrected chi connectivity index (χ0v) is 16.8. The van der Waals surface area contributed by atoms with Gasteiger partial charge in [0.25, 0.3) is 0 Å². The van der Waals surface area contributed by atoms with E-state index >= 15 is 0 Å². The quantitative estimate of drug-likeness (QED) is 0.784. The molecule has 0 aromatic heterocycles. The smallest absolute Gasteiger partial charge is 0.228 e. The average Bonchev–Trinajstić information content (AvgIpc) is 3.19. The van der Waals surface area contributed by atoms with Crippen LogP contribution in [0.15, 0.2) is 48.5 Å². The summed E-state index contributed by atoms with van der Waals surface area (Å²) in [6.07, 6.45) is 1.18. The van der Waals surface area contributed by atoms with Gasteiger partial charge in [-0.05, 0) is 30.2 Å². The SMILES string of the molecule is CC(=O)N(CCC(=O)N1CCc2ccccc21)c1ccccc1N1CCOCC1. The number of carbonyl (C=O) groups excluding carboxylic acids is 2. The second-order valence-corrected chi connectivity index (χ2v) is 7.43. The van der Waals surface area contributed by atoms with Gasteiger partial charge in [-0.3, -0.25) is 9.59 Å². The molecule has 0 unspecified atom stereocenters. The molecule has 1 saturated heterocycles. The van der Waals surface area contributed by atoms with Gasteiger partial charge in [0, 0.05) is 45.2 Å². The van der Waals surface area contributed by atoms with E-state index in [4.69, 9.17) is 4.74 Å². The molecule has 6 heteroatoms. The fraction of sp³-hybridized carbons (Fsp3) is 0.391. The number of rotatable bonds is 5. The number of hydrogen-bond donors (Lipinski definition) is 0. The predicted molar refractivity (Wildman–Crippen MR) is 115 cm³/mol. The standard InChI is InChI=1S/C23H27N3O3/c1-18(27)25(22-9-5-4-8-21(22)24-14-16-29-17-15-24)13-11-23(28)26-12-10-19-6-2-3-7-20(19)26/h2-9H,10-17H2,1H3. The Bertz CT molecular complexity index is 892. The molecule has 2 aromatic rings. The van der Waals surface area contributed by atoms with Crippen molar-refractivity contribution in [3.8, 4) is 0 Å². The molecule has 0 bridgehead atoms. The summed E-state index contributed by atoms with van der Waals surface area (Å²) in [6.45, 7) is 5.60. The van der Waals surface area contributed by atoms with Gasteiger partial charge in [0.2, 0.25) is 11.8 Å². The topological polar surface area (TPSA) is 53.1 Å². The highest BCUT2D eigenvalue weighted by Gasteiger charge is 2.26. The third kappa shape index (κ3) is 4.12. The molecule has 2 aliphatic rings. The minimum Gasteiger partial charge on any atom is -0.378 e. The maximum absolute atomic E-state index is 12.9. The molecular formula is C23H27N3O3. The number of nitrogens with zero attached hydrogens (tertiary/aromatic N) is 3. The van der Waals surface area contributed by atoms with E-state index in [1.807, 2.05) is 47.4 Å². The van der Waals surface area contributed by atoms with Crippen LogP contribution in [0.1, 0.15) is 18.9 Å². The highest BCUT2D eigenvalue weighted by atomic mass is 16.5. The summed E-state index contributed by atoms with van der Waals surface area (Å²) in [5.41, 5.74) is 4.09. The van der Waals surface area contributed by atoms with Crippen molar-refractivity contribution in [2.75, 3.05) is 54.1 Å². The summed E-state index contributed by atoms with van der Waals surface area (Å²) in [5, 5.41) is 0. The molecule has 0 spiro atoms. The van der Waals surface area contributed by atoms with Crippen LogP contribution in [0.25, 0.3) is 0 Å². The van der Waals surface area contributed by atoms with Crippen LogP contribution in [0.4, 0.5) is 17.1 Å². The molecule has 2 aromatic carbocycles. The van der Waals surface area contributed by atoms with Gasteiger partial charge in [-0.1, -0.05) is 30.3 Å². The van der Waals surface area contributed by atoms with Crippen LogP contribution >= 0.6 is 0 Å². The van der Waals surface area contributed by atoms with Crippen molar-refractivity contribution in [2.24, 2.45) is 0 Å². The molecule has 0 atom stereocenters. The van der Waals surface area contributed by atoms with Gasteiger partial charge < -0.3 is 19.4 Å². The molecule has 0 aliphatic carbocycles. The van der Waals surface area contributed by atoms with Crippen LogP contribution in [0.5, 0.6) is 0 Å². The molecular weight excluding hydrogens is 366 g/mol. The first-order valence-electron chi connectivity index (χ1n) is 10.2. The first kappa shape index (κ1) is 19.5. The van der Waals surface area contributed by atoms with E-state index in [1.165, 1.54) is 5.56 Å². The van der Waals surface area contributed by atoms with Crippen LogP contribution in [0, 0.1) is 0 Å². The maximum atomic E-state index is 12.9. The molecule has 152 valence electrons. The van der Waals surface area contributed by atoms with Crippen molar-refractivity contribution in [1.82, 2.24) is 0 Å². The average molecular weight is 393 g/mol. The summed E-state index contributed by atoms with van der Waals surface area (Å²) < 4.78 is 5.46. The maximum Gasteiger partial charge on any atom is 0.228 e. The number of morpholine rings is 1. The lowest BCUT2D eigenvalue weighted by Crippen LogP contribution is -2.39. The van der Waals surface area contributed by atoms with Gasteiger partial charge in [0.05, 0.1) is 24.6 Å². The molecule has 0 N–H and O–H groups in total. The van der Waals surface area contributed by atoms with Crippen molar-refractivity contribution >= 4 is 28.9 Å². The van der Waals surface area contributed by atoms with Gasteiger partial charge in [-0.15, -0.1) is 0 Å². The van der Waals surface area contributed by atoms with Crippen LogP contribution in [0.2, 0.25) is 0 Å². The highest BCUT2D eigenvalue weighted by molar-refractivity contribution is 5.99. The Balaban J connectivity index is 1.50. The summed E-state index contributed by atoms with van der Waals surface area (Å²) in [4.78, 5) is 31.2. The molecule has 0 radical (unpaired) electrons. The summed E-state index contributed by atoms with van der Waals surface area (Å²) in [7, 11) is 0. The van der Waals surface area contributed by atoms with Gasteiger partial charge in [0.1, 0.15) is 0 Å². The number of para-hydroxylation sites is 3. The Morgan fingerprint density at radius 1 is 0.966 bits per heavy atom. The normalized spacial score (nSPS) is 15.9.